The molecule has 0 aromatic rings. The van der Waals surface area contributed by atoms with Gasteiger partial charge in [0.1, 0.15) is 0 Å². The van der Waals surface area contributed by atoms with E-state index < -0.39 is 0 Å². The molecule has 1 nitrogen and oxygen atoms in total. The molecule has 1 saturated heterocycles. The fourth-order valence-electron chi connectivity index (χ4n) is 1.66. The summed E-state index contributed by atoms with van der Waals surface area (Å²) in [5.74, 6) is 0. The Hall–Kier alpha value is -0.300. The van der Waals surface area contributed by atoms with E-state index in [0.717, 1.165) is 6.42 Å². The average Bonchev–Trinajstić information content (AvgIpc) is 2.03. The molecule has 0 aromatic carbocycles. The quantitative estimate of drug-likeness (QED) is 0.584. The van der Waals surface area contributed by atoms with Crippen LogP contribution in [0.3, 0.4) is 0 Å². The Morgan fingerprint density at radius 3 is 2.42 bits per heavy atom. The minimum Gasteiger partial charge on any atom is -0.303 e. The summed E-state index contributed by atoms with van der Waals surface area (Å²) in [6, 6.07) is 0. The summed E-state index contributed by atoms with van der Waals surface area (Å²) in [4.78, 5) is 2.55. The van der Waals surface area contributed by atoms with Gasteiger partial charge in [0.25, 0.3) is 0 Å². The molecule has 0 unspecified atom stereocenters. The van der Waals surface area contributed by atoms with E-state index in [4.69, 9.17) is 0 Å². The summed E-state index contributed by atoms with van der Waals surface area (Å²) in [5, 5.41) is 0. The molecule has 1 heterocycles. The van der Waals surface area contributed by atoms with Crippen molar-refractivity contribution < 1.29 is 0 Å². The van der Waals surface area contributed by atoms with Crippen LogP contribution in [0.4, 0.5) is 0 Å². The first-order valence-corrected chi connectivity index (χ1v) is 4.97. The van der Waals surface area contributed by atoms with Crippen LogP contribution in [0.1, 0.15) is 33.1 Å². The highest BCUT2D eigenvalue weighted by Gasteiger charge is 2.24. The molecule has 1 aliphatic rings. The first-order valence-electron chi connectivity index (χ1n) is 4.97. The average molecular weight is 167 g/mol. The summed E-state index contributed by atoms with van der Waals surface area (Å²) in [7, 11) is 0. The van der Waals surface area contributed by atoms with Gasteiger partial charge >= 0.3 is 0 Å². The molecule has 0 radical (unpaired) electrons. The lowest BCUT2D eigenvalue weighted by molar-refractivity contribution is 0.134. The first-order chi connectivity index (χ1) is 5.64. The van der Waals surface area contributed by atoms with Crippen molar-refractivity contribution in [1.29, 1.82) is 0 Å². The Bertz CT molecular complexity index is 139. The Morgan fingerprint density at radius 2 is 1.92 bits per heavy atom. The maximum absolute atomic E-state index is 3.75. The van der Waals surface area contributed by atoms with Crippen LogP contribution in [0.25, 0.3) is 0 Å². The highest BCUT2D eigenvalue weighted by Crippen LogP contribution is 2.29. The molecule has 12 heavy (non-hydrogen) atoms. The fourth-order valence-corrected chi connectivity index (χ4v) is 1.66. The molecule has 1 heteroatoms. The molecule has 0 amide bonds. The maximum atomic E-state index is 3.75. The predicted octanol–water partition coefficient (Wildman–Crippen LogP) is 2.68. The third kappa shape index (κ3) is 2.98. The van der Waals surface area contributed by atoms with E-state index >= 15 is 0 Å². The third-order valence-corrected chi connectivity index (χ3v) is 2.86. The van der Waals surface area contributed by atoms with Crippen LogP contribution in [-0.2, 0) is 0 Å². The van der Waals surface area contributed by atoms with Gasteiger partial charge in [-0.25, -0.2) is 0 Å². The second-order valence-corrected chi connectivity index (χ2v) is 4.58. The van der Waals surface area contributed by atoms with Gasteiger partial charge in [0.2, 0.25) is 0 Å². The molecule has 0 bridgehead atoms. The van der Waals surface area contributed by atoms with E-state index in [9.17, 15) is 0 Å². The summed E-state index contributed by atoms with van der Waals surface area (Å²) >= 11 is 0. The second kappa shape index (κ2) is 4.08. The Morgan fingerprint density at radius 1 is 1.33 bits per heavy atom. The molecule has 1 fully saturated rings. The van der Waals surface area contributed by atoms with Crippen molar-refractivity contribution in [1.82, 2.24) is 4.90 Å². The predicted molar refractivity (Wildman–Crippen MR) is 54.3 cm³/mol. The maximum Gasteiger partial charge on any atom is 0.00158 e. The summed E-state index contributed by atoms with van der Waals surface area (Å²) in [6.45, 7) is 12.3. The Labute approximate surface area is 76.5 Å². The number of nitrogens with zero attached hydrogens (tertiary/aromatic N) is 1. The van der Waals surface area contributed by atoms with Gasteiger partial charge in [-0.15, -0.1) is 6.58 Å². The SMILES string of the molecule is C=CCCN1CCC(C)(C)CC1. The van der Waals surface area contributed by atoms with Crippen molar-refractivity contribution in [2.24, 2.45) is 5.41 Å². The molecule has 0 spiro atoms. The number of hydrogen-bond acceptors (Lipinski definition) is 1. The summed E-state index contributed by atoms with van der Waals surface area (Å²) in [6.07, 6.45) is 5.86. The number of rotatable bonds is 3. The van der Waals surface area contributed by atoms with Crippen LogP contribution in [0.15, 0.2) is 12.7 Å². The van der Waals surface area contributed by atoms with Crippen LogP contribution in [0, 0.1) is 5.41 Å². The van der Waals surface area contributed by atoms with Gasteiger partial charge in [-0.1, -0.05) is 19.9 Å². The highest BCUT2D eigenvalue weighted by atomic mass is 15.1. The molecule has 0 N–H and O–H groups in total. The molecule has 1 aliphatic heterocycles. The molecular formula is C11H21N. The lowest BCUT2D eigenvalue weighted by Crippen LogP contribution is -2.37. The second-order valence-electron chi connectivity index (χ2n) is 4.58. The summed E-state index contributed by atoms with van der Waals surface area (Å²) < 4.78 is 0. The monoisotopic (exact) mass is 167 g/mol. The number of likely N-dealkylation sites (tertiary alicyclic amines) is 1. The molecule has 0 atom stereocenters. The number of piperidine rings is 1. The van der Waals surface area contributed by atoms with Crippen molar-refractivity contribution in [2.75, 3.05) is 19.6 Å². The molecule has 0 saturated carbocycles. The third-order valence-electron chi connectivity index (χ3n) is 2.86. The lowest BCUT2D eigenvalue weighted by atomic mass is 9.83. The van der Waals surface area contributed by atoms with Crippen molar-refractivity contribution in [3.63, 3.8) is 0 Å². The molecular weight excluding hydrogens is 146 g/mol. The number of hydrogen-bond donors (Lipinski definition) is 0. The van der Waals surface area contributed by atoms with Crippen LogP contribution < -0.4 is 0 Å². The zero-order valence-corrected chi connectivity index (χ0v) is 8.47. The van der Waals surface area contributed by atoms with Crippen molar-refractivity contribution in [2.45, 2.75) is 33.1 Å². The molecule has 1 rings (SSSR count). The van der Waals surface area contributed by atoms with Crippen LogP contribution >= 0.6 is 0 Å². The normalized spacial score (nSPS) is 23.8. The molecule has 70 valence electrons. The molecule has 0 aromatic heterocycles. The van der Waals surface area contributed by atoms with E-state index in [1.54, 1.807) is 0 Å². The van der Waals surface area contributed by atoms with Gasteiger partial charge in [0.05, 0.1) is 0 Å². The van der Waals surface area contributed by atoms with Crippen molar-refractivity contribution in [3.8, 4) is 0 Å². The molecule has 0 aliphatic carbocycles. The zero-order valence-electron chi connectivity index (χ0n) is 8.47. The van der Waals surface area contributed by atoms with E-state index in [2.05, 4.69) is 25.3 Å². The first kappa shape index (κ1) is 9.79. The van der Waals surface area contributed by atoms with E-state index in [0.29, 0.717) is 5.41 Å². The standard InChI is InChI=1S/C11H21N/c1-4-5-8-12-9-6-11(2,3)7-10-12/h4H,1,5-10H2,2-3H3. The van der Waals surface area contributed by atoms with Gasteiger partial charge in [-0.2, -0.15) is 0 Å². The lowest BCUT2D eigenvalue weighted by Gasteiger charge is -2.36. The zero-order chi connectivity index (χ0) is 9.03. The van der Waals surface area contributed by atoms with Gasteiger partial charge in [0.15, 0.2) is 0 Å². The highest BCUT2D eigenvalue weighted by molar-refractivity contribution is 4.79. The van der Waals surface area contributed by atoms with Crippen LogP contribution in [0.2, 0.25) is 0 Å². The van der Waals surface area contributed by atoms with Crippen LogP contribution in [-0.4, -0.2) is 24.5 Å². The van der Waals surface area contributed by atoms with Crippen molar-refractivity contribution in [3.05, 3.63) is 12.7 Å². The summed E-state index contributed by atoms with van der Waals surface area (Å²) in [5.41, 5.74) is 0.588. The van der Waals surface area contributed by atoms with Gasteiger partial charge < -0.3 is 4.90 Å². The van der Waals surface area contributed by atoms with Gasteiger partial charge in [-0.3, -0.25) is 0 Å². The fraction of sp³-hybridized carbons (Fsp3) is 0.818. The van der Waals surface area contributed by atoms with Gasteiger partial charge in [0, 0.05) is 6.54 Å². The van der Waals surface area contributed by atoms with E-state index in [-0.39, 0.29) is 0 Å². The largest absolute Gasteiger partial charge is 0.303 e. The van der Waals surface area contributed by atoms with Crippen LogP contribution in [0.5, 0.6) is 0 Å². The topological polar surface area (TPSA) is 3.24 Å². The Kier molecular flexibility index (Phi) is 3.33. The van der Waals surface area contributed by atoms with E-state index in [1.807, 2.05) is 6.08 Å². The van der Waals surface area contributed by atoms with E-state index in [1.165, 1.54) is 32.5 Å². The van der Waals surface area contributed by atoms with Gasteiger partial charge in [-0.05, 0) is 37.8 Å². The smallest absolute Gasteiger partial charge is 0.00158 e. The van der Waals surface area contributed by atoms with Crippen molar-refractivity contribution >= 4 is 0 Å². The Balaban J connectivity index is 2.22. The minimum absolute atomic E-state index is 0.588. The minimum atomic E-state index is 0.588.